The molecule has 12 aliphatic carbocycles. The van der Waals surface area contributed by atoms with Crippen LogP contribution < -0.4 is 0 Å². The van der Waals surface area contributed by atoms with Crippen molar-refractivity contribution >= 4 is 226 Å². The minimum absolute atomic E-state index is 0.135. The predicted molar refractivity (Wildman–Crippen MR) is 448 cm³/mol. The highest BCUT2D eigenvalue weighted by atomic mass is 127. The van der Waals surface area contributed by atoms with Crippen LogP contribution in [0.5, 0.6) is 0 Å². The monoisotopic (exact) mass is 2140 g/mol. The van der Waals surface area contributed by atoms with Crippen LogP contribution in [0.3, 0.4) is 0 Å². The van der Waals surface area contributed by atoms with Gasteiger partial charge in [0.25, 0.3) is 0 Å². The highest BCUT2D eigenvalue weighted by molar-refractivity contribution is 14.1. The smallest absolute Gasteiger partial charge is 0.161 e. The van der Waals surface area contributed by atoms with Crippen molar-refractivity contribution in [3.8, 4) is 0 Å². The second-order valence-electron chi connectivity index (χ2n) is 28.2. The molecule has 8 nitrogen and oxygen atoms in total. The van der Waals surface area contributed by atoms with Crippen LogP contribution in [0, 0.1) is 84.0 Å². The van der Waals surface area contributed by atoms with Gasteiger partial charge in [0.15, 0.2) is 23.3 Å². The zero-order valence-electron chi connectivity index (χ0n) is 52.6. The average molecular weight is 2140 g/mol. The summed E-state index contributed by atoms with van der Waals surface area (Å²) < 4.78 is 9.96. The predicted octanol–water partition coefficient (Wildman–Crippen LogP) is 21.6. The Hall–Kier alpha value is -4.08. The lowest BCUT2D eigenvalue weighted by atomic mass is 9.60. The lowest BCUT2D eigenvalue weighted by molar-refractivity contribution is 0.761. The number of rotatable bonds is 0. The van der Waals surface area contributed by atoms with Gasteiger partial charge in [0.2, 0.25) is 0 Å². The van der Waals surface area contributed by atoms with Crippen LogP contribution >= 0.6 is 181 Å². The number of benzene rings is 8. The van der Waals surface area contributed by atoms with Gasteiger partial charge in [-0.2, -0.15) is 0 Å². The fraction of sp³-hybridized carbons (Fsp3) is 0.200. The number of aromatic nitrogens is 8. The van der Waals surface area contributed by atoms with Crippen molar-refractivity contribution in [1.82, 2.24) is 39.9 Å². The molecule has 96 heavy (non-hydrogen) atoms. The van der Waals surface area contributed by atoms with Crippen LogP contribution in [0.25, 0.3) is 44.9 Å². The summed E-state index contributed by atoms with van der Waals surface area (Å²) >= 11 is 20.4. The zero-order valence-corrected chi connectivity index (χ0v) is 69.8. The Labute approximate surface area is 663 Å². The van der Waals surface area contributed by atoms with Gasteiger partial charge in [0.1, 0.15) is 22.6 Å². The molecular formula is C80H50I8N8. The number of halogens is 8. The molecule has 0 saturated heterocycles. The van der Waals surface area contributed by atoms with E-state index in [1.165, 1.54) is 184 Å². The summed E-state index contributed by atoms with van der Waals surface area (Å²) in [6.45, 7) is 18.2. The van der Waals surface area contributed by atoms with Gasteiger partial charge >= 0.3 is 0 Å². The lowest BCUT2D eigenvalue weighted by Crippen LogP contribution is -2.28. The first-order chi connectivity index (χ1) is 46.2. The average Bonchev–Trinajstić information content (AvgIpc) is 1.18. The number of H-pyrrole nitrogens is 2. The molecule has 14 aliphatic rings. The summed E-state index contributed by atoms with van der Waals surface area (Å²) in [6, 6.07) is 39.4. The van der Waals surface area contributed by atoms with Gasteiger partial charge in [-0.15, -0.1) is 0 Å². The maximum atomic E-state index is 6.18. The maximum absolute atomic E-state index is 6.18. The highest BCUT2D eigenvalue weighted by Crippen LogP contribution is 2.67. The second kappa shape index (κ2) is 20.8. The normalized spacial score (nSPS) is 21.2. The van der Waals surface area contributed by atoms with Gasteiger partial charge in [0, 0.05) is 120 Å². The van der Waals surface area contributed by atoms with E-state index in [9.17, 15) is 0 Å². The molecule has 2 N–H and O–H groups in total. The van der Waals surface area contributed by atoms with Crippen molar-refractivity contribution in [2.24, 2.45) is 0 Å². The topological polar surface area (TPSA) is 109 Å². The molecule has 3 aromatic heterocycles. The zero-order chi connectivity index (χ0) is 65.3. The van der Waals surface area contributed by atoms with Crippen LogP contribution in [0.4, 0.5) is 0 Å². The third-order valence-corrected chi connectivity index (χ3v) is 34.8. The SMILES string of the molecule is Cc1cc2c(cc1C)C1C3=C(c4nc3nc3[nH]c(nc5nc(nc6[nH]c(n4)c4c6C6c7cc(C)c(C)cc7C4c4cc(I)c(I)cc46)C4=C5C5c6cc(C)c(C)cc6C4c4cc(I)c(I)cc45)c4c3C3c5cc(C)c(C)cc5C4c4cc(I)c(I)cc43)C2c2cc(I)c(I)cc21. The van der Waals surface area contributed by atoms with E-state index >= 15 is 0 Å². The van der Waals surface area contributed by atoms with Crippen LogP contribution in [-0.2, 0) is 0 Å². The number of nitrogens with zero attached hydrogens (tertiary/aromatic N) is 6. The molecule has 25 rings (SSSR count). The first-order valence-corrected chi connectivity index (χ1v) is 41.0. The Morgan fingerprint density at radius 2 is 0.354 bits per heavy atom. The van der Waals surface area contributed by atoms with Crippen LogP contribution in [-0.4, -0.2) is 39.9 Å². The third kappa shape index (κ3) is 7.90. The van der Waals surface area contributed by atoms with Gasteiger partial charge in [0.05, 0.1) is 0 Å². The van der Waals surface area contributed by atoms with E-state index in [0.717, 1.165) is 44.9 Å². The molecule has 8 aromatic carbocycles. The Kier molecular flexibility index (Phi) is 13.2. The number of allylic oxidation sites excluding steroid dienone is 4. The molecule has 0 spiro atoms. The molecule has 466 valence electrons. The minimum Gasteiger partial charge on any atom is -0.324 e. The van der Waals surface area contributed by atoms with Crippen molar-refractivity contribution in [2.45, 2.75) is 103 Å². The summed E-state index contributed by atoms with van der Waals surface area (Å²) in [5, 5.41) is 0. The van der Waals surface area contributed by atoms with Gasteiger partial charge in [-0.3, -0.25) is 0 Å². The molecule has 8 atom stereocenters. The van der Waals surface area contributed by atoms with Crippen molar-refractivity contribution < 1.29 is 0 Å². The summed E-state index contributed by atoms with van der Waals surface area (Å²) in [5.41, 5.74) is 43.9. The van der Waals surface area contributed by atoms with E-state index in [1.807, 2.05) is 0 Å². The van der Waals surface area contributed by atoms with E-state index < -0.39 is 0 Å². The van der Waals surface area contributed by atoms with E-state index in [4.69, 9.17) is 29.9 Å². The quantitative estimate of drug-likeness (QED) is 0.146. The van der Waals surface area contributed by atoms with Crippen LogP contribution in [0.2, 0.25) is 0 Å². The fourth-order valence-corrected chi connectivity index (χ4v) is 22.9. The van der Waals surface area contributed by atoms with Gasteiger partial charge in [-0.05, 0) is 418 Å². The van der Waals surface area contributed by atoms with E-state index in [2.05, 4.69) is 343 Å². The van der Waals surface area contributed by atoms with Crippen LogP contribution in [0.1, 0.15) is 226 Å². The number of fused-ring (bicyclic) bond motifs is 8. The van der Waals surface area contributed by atoms with E-state index in [1.54, 1.807) is 0 Å². The molecule has 0 fully saturated rings. The largest absolute Gasteiger partial charge is 0.324 e. The second-order valence-corrected chi connectivity index (χ2v) is 37.5. The number of aromatic amines is 2. The molecule has 16 bridgehead atoms. The van der Waals surface area contributed by atoms with Crippen LogP contribution in [0.15, 0.2) is 97.1 Å². The van der Waals surface area contributed by atoms with Crippen molar-refractivity contribution in [2.75, 3.05) is 0 Å². The number of hydrogen-bond donors (Lipinski definition) is 2. The first kappa shape index (κ1) is 60.7. The number of nitrogens with one attached hydrogen (secondary N) is 2. The van der Waals surface area contributed by atoms with Crippen molar-refractivity contribution in [1.29, 1.82) is 0 Å². The number of aryl methyl sites for hydroxylation is 8. The van der Waals surface area contributed by atoms with Gasteiger partial charge < -0.3 is 9.97 Å². The molecule has 0 radical (unpaired) electrons. The van der Waals surface area contributed by atoms with E-state index in [-0.39, 0.29) is 47.3 Å². The lowest BCUT2D eigenvalue weighted by Gasteiger charge is -2.42. The maximum Gasteiger partial charge on any atom is 0.161 e. The Bertz CT molecular complexity index is 5060. The third-order valence-electron chi connectivity index (χ3n) is 23.5. The van der Waals surface area contributed by atoms with Crippen molar-refractivity contribution in [3.63, 3.8) is 0 Å². The minimum atomic E-state index is -0.147. The first-order valence-electron chi connectivity index (χ1n) is 32.4. The molecule has 0 amide bonds. The Morgan fingerprint density at radius 1 is 0.208 bits per heavy atom. The Morgan fingerprint density at radius 3 is 0.531 bits per heavy atom. The molecule has 0 saturated carbocycles. The molecule has 8 unspecified atom stereocenters. The standard InChI is InChI=1S/C80H50I8N8/c1-25-9-33-34(10-26(25)2)58-42-18-50(82)49(81)17-41(42)57(33)65-66(58)74-89-73(65)93-75-67-59-35-11-27(3)28(4)12-36(35)60(44-20-52(84)51(83)19-43(44)59)68(67)77(90-75)95-79-71-63-39-15-31(7)32(8)16-40(39)64(48-24-56(88)55(87)23-47(48)63)72(71)80(92-79)96-78-70-62-38-14-30(6)29(5)13-37(38)61(69(70)76(91-78)94-74)45-21-53(85)54(86)22-46(45)62/h9-24,57-64H,1-8H3,(H2,89,90,91,92,93,94,95,96). The molecule has 2 aliphatic heterocycles. The van der Waals surface area contributed by atoms with Crippen molar-refractivity contribution in [3.05, 3.63) is 305 Å². The summed E-state index contributed by atoms with van der Waals surface area (Å²) in [7, 11) is 0. The summed E-state index contributed by atoms with van der Waals surface area (Å²) in [5.74, 6) is 1.68. The molecule has 5 heterocycles. The van der Waals surface area contributed by atoms with Gasteiger partial charge in [-0.1, -0.05) is 48.5 Å². The Balaban J connectivity index is 0.956. The molecule has 16 heteroatoms. The number of hydrogen-bond acceptors (Lipinski definition) is 6. The molecular weight excluding hydrogens is 2090 g/mol. The highest BCUT2D eigenvalue weighted by Gasteiger charge is 2.53. The molecule has 11 aromatic rings. The fourth-order valence-electron chi connectivity index (χ4n) is 18.9. The van der Waals surface area contributed by atoms with Gasteiger partial charge in [-0.25, -0.2) is 29.9 Å². The van der Waals surface area contributed by atoms with E-state index in [0.29, 0.717) is 23.3 Å². The summed E-state index contributed by atoms with van der Waals surface area (Å²) in [6.07, 6.45) is 0. The summed E-state index contributed by atoms with van der Waals surface area (Å²) in [4.78, 5) is 45.1.